The van der Waals surface area contributed by atoms with Gasteiger partial charge < -0.3 is 15.5 Å². The number of anilines is 1. The van der Waals surface area contributed by atoms with Crippen molar-refractivity contribution >= 4 is 46.6 Å². The van der Waals surface area contributed by atoms with Crippen molar-refractivity contribution in [3.8, 4) is 0 Å². The number of benzene rings is 1. The highest BCUT2D eigenvalue weighted by atomic mass is 35.5. The van der Waals surface area contributed by atoms with Crippen LogP contribution in [0.3, 0.4) is 0 Å². The number of halogens is 2. The molecule has 0 aliphatic carbocycles. The molecule has 0 saturated carbocycles. The summed E-state index contributed by atoms with van der Waals surface area (Å²) in [5.74, 6) is -0.791. The number of rotatable bonds is 4. The van der Waals surface area contributed by atoms with E-state index in [0.29, 0.717) is 28.6 Å². The lowest BCUT2D eigenvalue weighted by atomic mass is 10.2. The van der Waals surface area contributed by atoms with Crippen LogP contribution in [0.1, 0.15) is 12.8 Å². The van der Waals surface area contributed by atoms with Gasteiger partial charge in [0.15, 0.2) is 0 Å². The fourth-order valence-corrected chi connectivity index (χ4v) is 2.43. The lowest BCUT2D eigenvalue weighted by molar-refractivity contribution is -0.135. The van der Waals surface area contributed by atoms with Crippen LogP contribution in [0.25, 0.3) is 0 Å². The van der Waals surface area contributed by atoms with Crippen molar-refractivity contribution in [3.05, 3.63) is 28.2 Å². The minimum atomic E-state index is -0.546. The highest BCUT2D eigenvalue weighted by Gasteiger charge is 2.29. The molecule has 1 atom stereocenters. The van der Waals surface area contributed by atoms with E-state index in [9.17, 15) is 14.4 Å². The minimum Gasteiger partial charge on any atom is -0.344 e. The highest BCUT2D eigenvalue weighted by molar-refractivity contribution is 6.42. The van der Waals surface area contributed by atoms with Gasteiger partial charge in [-0.3, -0.25) is 14.4 Å². The molecule has 0 unspecified atom stereocenters. The van der Waals surface area contributed by atoms with Gasteiger partial charge in [-0.05, 0) is 24.6 Å². The maximum atomic E-state index is 12.1. The summed E-state index contributed by atoms with van der Waals surface area (Å²) in [4.78, 5) is 36.4. The second kappa shape index (κ2) is 6.98. The van der Waals surface area contributed by atoms with Gasteiger partial charge in [0, 0.05) is 19.2 Å². The average molecular weight is 344 g/mol. The molecule has 2 N–H and O–H groups in total. The summed E-state index contributed by atoms with van der Waals surface area (Å²) in [6, 6.07) is 4.17. The van der Waals surface area contributed by atoms with Crippen LogP contribution < -0.4 is 10.6 Å². The van der Waals surface area contributed by atoms with Crippen molar-refractivity contribution in [2.75, 3.05) is 18.9 Å². The molecule has 8 heteroatoms. The van der Waals surface area contributed by atoms with E-state index in [1.807, 2.05) is 0 Å². The molecule has 0 aromatic heterocycles. The Morgan fingerprint density at radius 3 is 2.68 bits per heavy atom. The molecule has 3 amide bonds. The number of nitrogens with one attached hydrogen (secondary N) is 2. The molecule has 0 bridgehead atoms. The molecule has 0 radical (unpaired) electrons. The molecule has 2 rings (SSSR count). The zero-order chi connectivity index (χ0) is 16.3. The van der Waals surface area contributed by atoms with E-state index in [1.165, 1.54) is 18.0 Å². The number of likely N-dealkylation sites (N-methyl/N-ethyl adjacent to an activating group) is 1. The fourth-order valence-electron chi connectivity index (χ4n) is 2.13. The first-order valence-electron chi connectivity index (χ1n) is 6.66. The summed E-state index contributed by atoms with van der Waals surface area (Å²) in [6.45, 7) is -0.120. The van der Waals surface area contributed by atoms with Crippen LogP contribution in [0.2, 0.25) is 10.0 Å². The van der Waals surface area contributed by atoms with Gasteiger partial charge >= 0.3 is 0 Å². The van der Waals surface area contributed by atoms with Crippen molar-refractivity contribution in [1.29, 1.82) is 0 Å². The molecule has 1 aromatic rings. The summed E-state index contributed by atoms with van der Waals surface area (Å²) in [7, 11) is 1.52. The topological polar surface area (TPSA) is 78.5 Å². The maximum absolute atomic E-state index is 12.1. The smallest absolute Gasteiger partial charge is 0.245 e. The van der Waals surface area contributed by atoms with E-state index >= 15 is 0 Å². The van der Waals surface area contributed by atoms with Gasteiger partial charge in [0.1, 0.15) is 6.04 Å². The standard InChI is InChI=1S/C14H15Cl2N3O3/c1-19(14(22)11-4-5-12(20)18-11)7-13(21)17-8-2-3-9(15)10(16)6-8/h2-3,6,11H,4-5,7H2,1H3,(H,17,21)(H,18,20)/t11-/m1/s1. The Morgan fingerprint density at radius 2 is 2.09 bits per heavy atom. The van der Waals surface area contributed by atoms with E-state index < -0.39 is 6.04 Å². The molecule has 6 nitrogen and oxygen atoms in total. The summed E-state index contributed by atoms with van der Waals surface area (Å²) in [5.41, 5.74) is 0.495. The van der Waals surface area contributed by atoms with Crippen LogP contribution in [0.4, 0.5) is 5.69 Å². The number of amides is 3. The Balaban J connectivity index is 1.89. The SMILES string of the molecule is CN(CC(=O)Nc1ccc(Cl)c(Cl)c1)C(=O)[C@H]1CCC(=O)N1. The Hall–Kier alpha value is -1.79. The number of hydrogen-bond donors (Lipinski definition) is 2. The van der Waals surface area contributed by atoms with Crippen LogP contribution in [0.15, 0.2) is 18.2 Å². The van der Waals surface area contributed by atoms with Crippen molar-refractivity contribution in [2.24, 2.45) is 0 Å². The van der Waals surface area contributed by atoms with Crippen LogP contribution in [-0.2, 0) is 14.4 Å². The van der Waals surface area contributed by atoms with Crippen LogP contribution in [0, 0.1) is 0 Å². The first-order chi connectivity index (χ1) is 10.4. The summed E-state index contributed by atoms with van der Waals surface area (Å²) in [6.07, 6.45) is 0.788. The monoisotopic (exact) mass is 343 g/mol. The molecule has 1 aliphatic heterocycles. The lowest BCUT2D eigenvalue weighted by Gasteiger charge is -2.20. The predicted molar refractivity (Wildman–Crippen MR) is 83.9 cm³/mol. The maximum Gasteiger partial charge on any atom is 0.245 e. The van der Waals surface area contributed by atoms with Gasteiger partial charge in [-0.1, -0.05) is 23.2 Å². The highest BCUT2D eigenvalue weighted by Crippen LogP contribution is 2.24. The van der Waals surface area contributed by atoms with Gasteiger partial charge in [-0.25, -0.2) is 0 Å². The Morgan fingerprint density at radius 1 is 1.36 bits per heavy atom. The summed E-state index contributed by atoms with van der Waals surface area (Å²) in [5, 5.41) is 5.93. The van der Waals surface area contributed by atoms with E-state index in [0.717, 1.165) is 0 Å². The van der Waals surface area contributed by atoms with Crippen LogP contribution in [-0.4, -0.2) is 42.3 Å². The predicted octanol–water partition coefficient (Wildman–Crippen LogP) is 1.67. The van der Waals surface area contributed by atoms with Gasteiger partial charge in [0.2, 0.25) is 17.7 Å². The van der Waals surface area contributed by atoms with Crippen molar-refractivity contribution in [2.45, 2.75) is 18.9 Å². The minimum absolute atomic E-state index is 0.120. The molecule has 0 spiro atoms. The molecule has 1 fully saturated rings. The second-order valence-electron chi connectivity index (χ2n) is 5.03. The third-order valence-electron chi connectivity index (χ3n) is 3.25. The fraction of sp³-hybridized carbons (Fsp3) is 0.357. The van der Waals surface area contributed by atoms with Gasteiger partial charge in [-0.15, -0.1) is 0 Å². The van der Waals surface area contributed by atoms with Gasteiger partial charge in [0.05, 0.1) is 16.6 Å². The molecular weight excluding hydrogens is 329 g/mol. The Labute approximate surface area is 137 Å². The Bertz CT molecular complexity index is 621. The van der Waals surface area contributed by atoms with E-state index in [2.05, 4.69) is 10.6 Å². The number of hydrogen-bond acceptors (Lipinski definition) is 3. The molecule has 118 valence electrons. The third-order valence-corrected chi connectivity index (χ3v) is 3.99. The summed E-state index contributed by atoms with van der Waals surface area (Å²) >= 11 is 11.7. The lowest BCUT2D eigenvalue weighted by Crippen LogP contribution is -2.45. The average Bonchev–Trinajstić information content (AvgIpc) is 2.88. The van der Waals surface area contributed by atoms with Crippen LogP contribution in [0.5, 0.6) is 0 Å². The zero-order valence-electron chi connectivity index (χ0n) is 11.9. The Kier molecular flexibility index (Phi) is 5.26. The van der Waals surface area contributed by atoms with Crippen molar-refractivity contribution < 1.29 is 14.4 Å². The molecule has 1 aliphatic rings. The number of carbonyl (C=O) groups is 3. The first kappa shape index (κ1) is 16.6. The normalized spacial score (nSPS) is 17.0. The van der Waals surface area contributed by atoms with E-state index in [1.54, 1.807) is 12.1 Å². The number of carbonyl (C=O) groups excluding carboxylic acids is 3. The summed E-state index contributed by atoms with van der Waals surface area (Å²) < 4.78 is 0. The van der Waals surface area contributed by atoms with Crippen molar-refractivity contribution in [1.82, 2.24) is 10.2 Å². The molecule has 1 saturated heterocycles. The van der Waals surface area contributed by atoms with E-state index in [-0.39, 0.29) is 24.3 Å². The molecule has 22 heavy (non-hydrogen) atoms. The zero-order valence-corrected chi connectivity index (χ0v) is 13.4. The van der Waals surface area contributed by atoms with Gasteiger partial charge in [0.25, 0.3) is 0 Å². The largest absolute Gasteiger partial charge is 0.344 e. The van der Waals surface area contributed by atoms with Gasteiger partial charge in [-0.2, -0.15) is 0 Å². The third kappa shape index (κ3) is 4.11. The second-order valence-corrected chi connectivity index (χ2v) is 5.84. The molecular formula is C14H15Cl2N3O3. The van der Waals surface area contributed by atoms with Crippen molar-refractivity contribution in [3.63, 3.8) is 0 Å². The van der Waals surface area contributed by atoms with Crippen LogP contribution >= 0.6 is 23.2 Å². The number of nitrogens with zero attached hydrogens (tertiary/aromatic N) is 1. The molecule has 1 aromatic carbocycles. The quantitative estimate of drug-likeness (QED) is 0.872. The first-order valence-corrected chi connectivity index (χ1v) is 7.41. The molecule has 1 heterocycles. The van der Waals surface area contributed by atoms with E-state index in [4.69, 9.17) is 23.2 Å².